The Morgan fingerprint density at radius 3 is 2.55 bits per heavy atom. The van der Waals surface area contributed by atoms with Crippen LogP contribution in [0.2, 0.25) is 0 Å². The van der Waals surface area contributed by atoms with Gasteiger partial charge in [-0.15, -0.1) is 0 Å². The molecule has 0 aliphatic carbocycles. The number of nitrogens with one attached hydrogen (secondary N) is 1. The van der Waals surface area contributed by atoms with Crippen molar-refractivity contribution < 1.29 is 9.59 Å². The highest BCUT2D eigenvalue weighted by Gasteiger charge is 2.14. The van der Waals surface area contributed by atoms with E-state index in [-0.39, 0.29) is 11.8 Å². The molecule has 2 amide bonds. The summed E-state index contributed by atoms with van der Waals surface area (Å²) in [6.45, 7) is 8.83. The Kier molecular flexibility index (Phi) is 7.59. The van der Waals surface area contributed by atoms with E-state index in [0.29, 0.717) is 25.4 Å². The second-order valence-electron chi connectivity index (χ2n) is 5.89. The van der Waals surface area contributed by atoms with Crippen LogP contribution in [0, 0.1) is 12.8 Å². The number of rotatable bonds is 7. The zero-order valence-electron chi connectivity index (χ0n) is 13.8. The Morgan fingerprint density at radius 2 is 2.00 bits per heavy atom. The fourth-order valence-corrected chi connectivity index (χ4v) is 2.31. The molecule has 4 nitrogen and oxygen atoms in total. The number of halogens is 1. The molecule has 0 bridgehead atoms. The Morgan fingerprint density at radius 1 is 1.32 bits per heavy atom. The van der Waals surface area contributed by atoms with Crippen molar-refractivity contribution in [1.29, 1.82) is 0 Å². The molecule has 0 saturated carbocycles. The molecule has 0 unspecified atom stereocenters. The average Bonchev–Trinajstić information content (AvgIpc) is 2.42. The third-order valence-corrected chi connectivity index (χ3v) is 4.33. The molecule has 0 radical (unpaired) electrons. The Hall–Kier alpha value is -1.36. The average molecular weight is 369 g/mol. The number of nitrogens with zero attached hydrogens (tertiary/aromatic N) is 1. The molecule has 0 spiro atoms. The second-order valence-corrected chi connectivity index (χ2v) is 6.74. The third kappa shape index (κ3) is 6.18. The fraction of sp³-hybridized carbons (Fsp3) is 0.529. The van der Waals surface area contributed by atoms with E-state index in [1.165, 1.54) is 6.92 Å². The van der Waals surface area contributed by atoms with Crippen LogP contribution in [0.3, 0.4) is 0 Å². The maximum atomic E-state index is 11.8. The van der Waals surface area contributed by atoms with Crippen LogP contribution in [0.15, 0.2) is 22.7 Å². The van der Waals surface area contributed by atoms with E-state index in [1.54, 1.807) is 4.90 Å². The van der Waals surface area contributed by atoms with E-state index in [0.717, 1.165) is 22.1 Å². The number of carbonyl (C=O) groups excluding carboxylic acids is 2. The Labute approximate surface area is 141 Å². The molecule has 1 aromatic rings. The number of anilines is 1. The lowest BCUT2D eigenvalue weighted by Crippen LogP contribution is -2.34. The minimum atomic E-state index is -0.0586. The molecule has 0 saturated heterocycles. The molecule has 0 aromatic heterocycles. The monoisotopic (exact) mass is 368 g/mol. The van der Waals surface area contributed by atoms with Crippen molar-refractivity contribution in [3.05, 3.63) is 28.2 Å². The van der Waals surface area contributed by atoms with E-state index < -0.39 is 0 Å². The number of benzene rings is 1. The summed E-state index contributed by atoms with van der Waals surface area (Å²) < 4.78 is 1.01. The van der Waals surface area contributed by atoms with Crippen molar-refractivity contribution in [2.45, 2.75) is 40.5 Å². The van der Waals surface area contributed by atoms with Crippen molar-refractivity contribution in [2.75, 3.05) is 18.0 Å². The topological polar surface area (TPSA) is 49.4 Å². The normalized spacial score (nSPS) is 10.6. The van der Waals surface area contributed by atoms with Crippen LogP contribution in [0.5, 0.6) is 0 Å². The molecule has 0 aliphatic rings. The van der Waals surface area contributed by atoms with Gasteiger partial charge in [0.2, 0.25) is 11.8 Å². The molecule has 0 fully saturated rings. The summed E-state index contributed by atoms with van der Waals surface area (Å²) in [4.78, 5) is 25.3. The van der Waals surface area contributed by atoms with E-state index in [4.69, 9.17) is 0 Å². The van der Waals surface area contributed by atoms with Crippen molar-refractivity contribution >= 4 is 33.4 Å². The lowest BCUT2D eigenvalue weighted by molar-refractivity contribution is -0.121. The number of hydrogen-bond acceptors (Lipinski definition) is 2. The van der Waals surface area contributed by atoms with Crippen molar-refractivity contribution in [3.63, 3.8) is 0 Å². The van der Waals surface area contributed by atoms with Gasteiger partial charge in [0.25, 0.3) is 0 Å². The van der Waals surface area contributed by atoms with Crippen molar-refractivity contribution in [3.8, 4) is 0 Å². The first kappa shape index (κ1) is 18.7. The van der Waals surface area contributed by atoms with Crippen molar-refractivity contribution in [1.82, 2.24) is 5.32 Å². The quantitative estimate of drug-likeness (QED) is 0.798. The summed E-state index contributed by atoms with van der Waals surface area (Å²) >= 11 is 3.45. The summed E-state index contributed by atoms with van der Waals surface area (Å²) in [6, 6.07) is 5.75. The van der Waals surface area contributed by atoms with Gasteiger partial charge < -0.3 is 10.2 Å². The highest BCUT2D eigenvalue weighted by Crippen LogP contribution is 2.23. The van der Waals surface area contributed by atoms with E-state index >= 15 is 0 Å². The van der Waals surface area contributed by atoms with E-state index in [9.17, 15) is 9.59 Å². The Balaban J connectivity index is 2.60. The molecule has 1 aromatic carbocycles. The number of amides is 2. The number of hydrogen-bond donors (Lipinski definition) is 1. The van der Waals surface area contributed by atoms with Gasteiger partial charge >= 0.3 is 0 Å². The molecular formula is C17H25BrN2O2. The highest BCUT2D eigenvalue weighted by atomic mass is 79.9. The first-order valence-electron chi connectivity index (χ1n) is 7.62. The van der Waals surface area contributed by atoms with Gasteiger partial charge in [-0.2, -0.15) is 0 Å². The number of carbonyl (C=O) groups is 2. The number of aryl methyl sites for hydroxylation is 1. The molecule has 0 aliphatic heterocycles. The predicted octanol–water partition coefficient (Wildman–Crippen LogP) is 3.66. The van der Waals surface area contributed by atoms with Crippen LogP contribution in [-0.4, -0.2) is 24.9 Å². The molecule has 0 atom stereocenters. The van der Waals surface area contributed by atoms with Crippen LogP contribution >= 0.6 is 15.9 Å². The molecule has 22 heavy (non-hydrogen) atoms. The third-order valence-electron chi connectivity index (χ3n) is 3.44. The first-order valence-corrected chi connectivity index (χ1v) is 8.41. The molecule has 1 rings (SSSR count). The SMILES string of the molecule is CC(=O)N(CCC(=O)NCCC(C)C)c1ccc(Br)c(C)c1. The lowest BCUT2D eigenvalue weighted by atomic mass is 10.1. The summed E-state index contributed by atoms with van der Waals surface area (Å²) in [5.74, 6) is 0.497. The van der Waals surface area contributed by atoms with Crippen LogP contribution in [-0.2, 0) is 9.59 Å². The second kappa shape index (κ2) is 8.93. The largest absolute Gasteiger partial charge is 0.356 e. The van der Waals surface area contributed by atoms with Gasteiger partial charge in [-0.25, -0.2) is 0 Å². The van der Waals surface area contributed by atoms with Crippen molar-refractivity contribution in [2.24, 2.45) is 5.92 Å². The van der Waals surface area contributed by atoms with E-state index in [2.05, 4.69) is 35.1 Å². The minimum absolute atomic E-state index is 0.0132. The molecule has 122 valence electrons. The zero-order chi connectivity index (χ0) is 16.7. The van der Waals surface area contributed by atoms with Crippen LogP contribution in [0.1, 0.15) is 39.2 Å². The summed E-state index contributed by atoms with van der Waals surface area (Å²) in [5.41, 5.74) is 1.88. The smallest absolute Gasteiger partial charge is 0.223 e. The van der Waals surface area contributed by atoms with Gasteiger partial charge in [0.05, 0.1) is 0 Å². The Bertz CT molecular complexity index is 529. The summed E-state index contributed by atoms with van der Waals surface area (Å²) in [5, 5.41) is 2.90. The fourth-order valence-electron chi connectivity index (χ4n) is 2.07. The maximum Gasteiger partial charge on any atom is 0.223 e. The van der Waals surface area contributed by atoms with Gasteiger partial charge in [0.15, 0.2) is 0 Å². The molecule has 1 N–H and O–H groups in total. The summed E-state index contributed by atoms with van der Waals surface area (Å²) in [7, 11) is 0. The van der Waals surface area contributed by atoms with Crippen LogP contribution in [0.4, 0.5) is 5.69 Å². The molecule has 5 heteroatoms. The molecule has 0 heterocycles. The van der Waals surface area contributed by atoms with Gasteiger partial charge in [-0.1, -0.05) is 29.8 Å². The van der Waals surface area contributed by atoms with Gasteiger partial charge in [0, 0.05) is 36.6 Å². The molecular weight excluding hydrogens is 344 g/mol. The lowest BCUT2D eigenvalue weighted by Gasteiger charge is -2.21. The highest BCUT2D eigenvalue weighted by molar-refractivity contribution is 9.10. The standard InChI is InChI=1S/C17H25BrN2O2/c1-12(2)7-9-19-17(22)8-10-20(14(4)21)15-5-6-16(18)13(3)11-15/h5-6,11-12H,7-10H2,1-4H3,(H,19,22). The van der Waals surface area contributed by atoms with Crippen LogP contribution in [0.25, 0.3) is 0 Å². The predicted molar refractivity (Wildman–Crippen MR) is 94.0 cm³/mol. The summed E-state index contributed by atoms with van der Waals surface area (Å²) in [6.07, 6.45) is 1.28. The minimum Gasteiger partial charge on any atom is -0.356 e. The van der Waals surface area contributed by atoms with Gasteiger partial charge in [-0.05, 0) is 43.0 Å². The zero-order valence-corrected chi connectivity index (χ0v) is 15.4. The first-order chi connectivity index (χ1) is 10.3. The van der Waals surface area contributed by atoms with Crippen LogP contribution < -0.4 is 10.2 Å². The van der Waals surface area contributed by atoms with E-state index in [1.807, 2.05) is 25.1 Å². The van der Waals surface area contributed by atoms with Gasteiger partial charge in [0.1, 0.15) is 0 Å². The van der Waals surface area contributed by atoms with Gasteiger partial charge in [-0.3, -0.25) is 9.59 Å². The maximum absolute atomic E-state index is 11.8.